The summed E-state index contributed by atoms with van der Waals surface area (Å²) in [4.78, 5) is 34.0. The molecule has 0 amide bonds. The van der Waals surface area contributed by atoms with Crippen LogP contribution in [0.4, 0.5) is 13.2 Å². The summed E-state index contributed by atoms with van der Waals surface area (Å²) in [6.07, 6.45) is -1.29. The second-order valence-corrected chi connectivity index (χ2v) is 10.2. The van der Waals surface area contributed by atoms with Crippen molar-refractivity contribution in [1.82, 2.24) is 14.5 Å². The Kier molecular flexibility index (Phi) is 6.46. The van der Waals surface area contributed by atoms with Crippen LogP contribution in [0.3, 0.4) is 0 Å². The summed E-state index contributed by atoms with van der Waals surface area (Å²) in [6, 6.07) is 16.6. The van der Waals surface area contributed by atoms with Crippen molar-refractivity contribution in [3.05, 3.63) is 101 Å². The van der Waals surface area contributed by atoms with E-state index in [9.17, 15) is 22.8 Å². The highest BCUT2D eigenvalue weighted by Gasteiger charge is 2.30. The summed E-state index contributed by atoms with van der Waals surface area (Å²) in [5.74, 6) is -0.376. The molecule has 6 nitrogen and oxygen atoms in total. The molecule has 3 heterocycles. The number of esters is 1. The van der Waals surface area contributed by atoms with Crippen molar-refractivity contribution < 1.29 is 22.7 Å². The number of alkyl halides is 3. The summed E-state index contributed by atoms with van der Waals surface area (Å²) in [6.45, 7) is 5.39. The Bertz CT molecular complexity index is 1770. The van der Waals surface area contributed by atoms with Gasteiger partial charge in [0.25, 0.3) is 5.56 Å². The lowest BCUT2D eigenvalue weighted by molar-refractivity contribution is -0.154. The maximum absolute atomic E-state index is 13.4. The van der Waals surface area contributed by atoms with Crippen LogP contribution in [0.15, 0.2) is 83.9 Å². The summed E-state index contributed by atoms with van der Waals surface area (Å²) in [7, 11) is 0. The molecule has 0 aliphatic heterocycles. The molecule has 3 aromatic heterocycles. The van der Waals surface area contributed by atoms with Crippen molar-refractivity contribution >= 4 is 27.8 Å². The molecule has 39 heavy (non-hydrogen) atoms. The van der Waals surface area contributed by atoms with E-state index >= 15 is 0 Å². The van der Waals surface area contributed by atoms with Crippen molar-refractivity contribution in [2.45, 2.75) is 39.0 Å². The van der Waals surface area contributed by atoms with Gasteiger partial charge in [-0.05, 0) is 68.8 Å². The van der Waals surface area contributed by atoms with Crippen LogP contribution >= 0.6 is 0 Å². The molecular weight excluding hydrogens is 507 g/mol. The molecule has 0 spiro atoms. The van der Waals surface area contributed by atoms with Crippen molar-refractivity contribution in [3.8, 4) is 16.8 Å². The molecule has 5 rings (SSSR count). The van der Waals surface area contributed by atoms with Crippen LogP contribution in [0, 0.1) is 0 Å². The molecule has 0 bridgehead atoms. The van der Waals surface area contributed by atoms with Crippen LogP contribution in [0.1, 0.15) is 32.0 Å². The van der Waals surface area contributed by atoms with Crippen LogP contribution < -0.4 is 5.56 Å². The number of benzene rings is 2. The van der Waals surface area contributed by atoms with E-state index in [0.717, 1.165) is 23.3 Å². The van der Waals surface area contributed by atoms with Gasteiger partial charge in [-0.2, -0.15) is 13.2 Å². The predicted octanol–water partition coefficient (Wildman–Crippen LogP) is 6.50. The number of rotatable bonds is 4. The highest BCUT2D eigenvalue weighted by molar-refractivity contribution is 6.05. The molecule has 9 heteroatoms. The number of pyridine rings is 3. The van der Waals surface area contributed by atoms with Crippen LogP contribution in [0.5, 0.6) is 0 Å². The summed E-state index contributed by atoms with van der Waals surface area (Å²) >= 11 is 0. The smallest absolute Gasteiger partial charge is 0.416 e. The van der Waals surface area contributed by atoms with Gasteiger partial charge in [-0.1, -0.05) is 18.2 Å². The average molecular weight is 532 g/mol. The molecule has 0 fully saturated rings. The lowest BCUT2D eigenvalue weighted by Gasteiger charge is -2.19. The van der Waals surface area contributed by atoms with E-state index in [1.54, 1.807) is 51.4 Å². The topological polar surface area (TPSA) is 74.1 Å². The van der Waals surface area contributed by atoms with Crippen LogP contribution in [0.25, 0.3) is 38.6 Å². The van der Waals surface area contributed by atoms with E-state index in [0.29, 0.717) is 27.5 Å². The van der Waals surface area contributed by atoms with Crippen molar-refractivity contribution in [3.63, 3.8) is 0 Å². The number of fused-ring (bicyclic) bond motifs is 3. The number of hydrogen-bond acceptors (Lipinski definition) is 5. The van der Waals surface area contributed by atoms with Gasteiger partial charge in [0.15, 0.2) is 0 Å². The zero-order valence-electron chi connectivity index (χ0n) is 21.4. The maximum Gasteiger partial charge on any atom is 0.416 e. The Balaban J connectivity index is 1.60. The minimum Gasteiger partial charge on any atom is -0.460 e. The zero-order chi connectivity index (χ0) is 27.9. The molecule has 0 aliphatic carbocycles. The van der Waals surface area contributed by atoms with Gasteiger partial charge in [-0.3, -0.25) is 24.1 Å². The fourth-order valence-electron chi connectivity index (χ4n) is 4.39. The number of carbonyl (C=O) groups is 1. The number of carbonyl (C=O) groups excluding carboxylic acids is 1. The van der Waals surface area contributed by atoms with Gasteiger partial charge in [-0.25, -0.2) is 0 Å². The largest absolute Gasteiger partial charge is 0.460 e. The first-order chi connectivity index (χ1) is 18.4. The van der Waals surface area contributed by atoms with Crippen molar-refractivity contribution in [1.29, 1.82) is 0 Å². The van der Waals surface area contributed by atoms with Gasteiger partial charge in [0.1, 0.15) is 5.60 Å². The third kappa shape index (κ3) is 5.52. The fraction of sp³-hybridized carbons (Fsp3) is 0.200. The fourth-order valence-corrected chi connectivity index (χ4v) is 4.39. The van der Waals surface area contributed by atoms with Gasteiger partial charge < -0.3 is 4.74 Å². The van der Waals surface area contributed by atoms with Gasteiger partial charge >= 0.3 is 12.1 Å². The Labute approximate surface area is 221 Å². The number of nitrogens with zero attached hydrogens (tertiary/aromatic N) is 3. The molecular formula is C30H24F3N3O3. The Morgan fingerprint density at radius 1 is 0.897 bits per heavy atom. The normalized spacial score (nSPS) is 12.2. The van der Waals surface area contributed by atoms with Crippen LogP contribution in [-0.4, -0.2) is 26.1 Å². The molecule has 0 radical (unpaired) electrons. The van der Waals surface area contributed by atoms with E-state index in [1.165, 1.54) is 22.8 Å². The molecule has 0 saturated carbocycles. The molecule has 0 saturated heterocycles. The van der Waals surface area contributed by atoms with Gasteiger partial charge in [0, 0.05) is 40.5 Å². The van der Waals surface area contributed by atoms with E-state index in [2.05, 4.69) is 9.97 Å². The third-order valence-electron chi connectivity index (χ3n) is 6.05. The lowest BCUT2D eigenvalue weighted by atomic mass is 10.0. The number of aromatic nitrogens is 3. The average Bonchev–Trinajstić information content (AvgIpc) is 2.87. The molecule has 198 valence electrons. The monoisotopic (exact) mass is 531 g/mol. The van der Waals surface area contributed by atoms with Crippen molar-refractivity contribution in [2.24, 2.45) is 0 Å². The highest BCUT2D eigenvalue weighted by Crippen LogP contribution is 2.32. The lowest BCUT2D eigenvalue weighted by Crippen LogP contribution is -2.25. The quantitative estimate of drug-likeness (QED) is 0.195. The minimum atomic E-state index is -4.55. The van der Waals surface area contributed by atoms with Gasteiger partial charge in [0.2, 0.25) is 0 Å². The third-order valence-corrected chi connectivity index (χ3v) is 6.05. The first-order valence-corrected chi connectivity index (χ1v) is 12.2. The maximum atomic E-state index is 13.4. The van der Waals surface area contributed by atoms with E-state index < -0.39 is 22.9 Å². The first-order valence-electron chi connectivity index (χ1n) is 12.2. The number of hydrogen-bond donors (Lipinski definition) is 0. The minimum absolute atomic E-state index is 0.0348. The van der Waals surface area contributed by atoms with E-state index in [4.69, 9.17) is 4.74 Å². The van der Waals surface area contributed by atoms with Crippen molar-refractivity contribution in [2.75, 3.05) is 0 Å². The summed E-state index contributed by atoms with van der Waals surface area (Å²) < 4.78 is 46.9. The molecule has 0 N–H and O–H groups in total. The Hall–Kier alpha value is -4.53. The standard InChI is InChI=1S/C30H24F3N3O3/c1-29(2,3)39-27(38)15-22-10-7-19(16-34-22)18-8-11-25-24(13-18)28-20(17-35-25)9-12-26(37)36(28)23-6-4-5-21(14-23)30(31,32)33/h4-14,16-17H,15H2,1-3H3. The second-order valence-electron chi connectivity index (χ2n) is 10.2. The Morgan fingerprint density at radius 3 is 2.36 bits per heavy atom. The summed E-state index contributed by atoms with van der Waals surface area (Å²) in [5, 5.41) is 1.19. The van der Waals surface area contributed by atoms with Crippen LogP contribution in [0.2, 0.25) is 0 Å². The van der Waals surface area contributed by atoms with Gasteiger partial charge in [0.05, 0.1) is 28.7 Å². The van der Waals surface area contributed by atoms with E-state index in [1.807, 2.05) is 18.2 Å². The highest BCUT2D eigenvalue weighted by atomic mass is 19.4. The van der Waals surface area contributed by atoms with Gasteiger partial charge in [-0.15, -0.1) is 0 Å². The first kappa shape index (κ1) is 26.1. The zero-order valence-corrected chi connectivity index (χ0v) is 21.4. The number of ether oxygens (including phenoxy) is 1. The molecule has 5 aromatic rings. The predicted molar refractivity (Wildman–Crippen MR) is 143 cm³/mol. The molecule has 0 atom stereocenters. The van der Waals surface area contributed by atoms with E-state index in [-0.39, 0.29) is 18.1 Å². The second kappa shape index (κ2) is 9.65. The Morgan fingerprint density at radius 2 is 1.67 bits per heavy atom. The summed E-state index contributed by atoms with van der Waals surface area (Å²) in [5.41, 5.74) is 1.30. The van der Waals surface area contributed by atoms with Crippen LogP contribution in [-0.2, 0) is 22.1 Å². The SMILES string of the molecule is CC(C)(C)OC(=O)Cc1ccc(-c2ccc3ncc4ccc(=O)n(-c5cccc(C(F)(F)F)c5)c4c3c2)cn1. The molecule has 0 unspecified atom stereocenters. The molecule has 0 aliphatic rings. The number of halogens is 3. The molecule has 2 aromatic carbocycles.